The molecule has 0 radical (unpaired) electrons. The number of thiophene rings is 1. The Balaban J connectivity index is 1.74. The summed E-state index contributed by atoms with van der Waals surface area (Å²) in [4.78, 5) is 24.0. The Morgan fingerprint density at radius 2 is 1.88 bits per heavy atom. The molecule has 10 heteroatoms. The molecule has 0 aliphatic rings. The Hall–Kier alpha value is -3.27. The lowest BCUT2D eigenvalue weighted by atomic mass is 10.2. The molecule has 0 saturated heterocycles. The van der Waals surface area contributed by atoms with Crippen molar-refractivity contribution in [2.24, 2.45) is 5.73 Å². The summed E-state index contributed by atoms with van der Waals surface area (Å²) in [6, 6.07) is 6.87. The van der Waals surface area contributed by atoms with Crippen LogP contribution in [0.3, 0.4) is 0 Å². The number of hydrogen-bond donors (Lipinski definition) is 7. The zero-order chi connectivity index (χ0) is 18.4. The van der Waals surface area contributed by atoms with E-state index in [-0.39, 0.29) is 30.4 Å². The summed E-state index contributed by atoms with van der Waals surface area (Å²) in [5.41, 5.74) is 5.94. The first-order valence-corrected chi connectivity index (χ1v) is 7.93. The Kier molecular flexibility index (Phi) is 5.79. The number of amides is 3. The van der Waals surface area contributed by atoms with Crippen LogP contribution in [0.5, 0.6) is 11.5 Å². The summed E-state index contributed by atoms with van der Waals surface area (Å²) in [6.45, 7) is -0.0935. The van der Waals surface area contributed by atoms with Crippen molar-refractivity contribution in [2.45, 2.75) is 6.54 Å². The van der Waals surface area contributed by atoms with Crippen LogP contribution in [0.1, 0.15) is 10.4 Å². The van der Waals surface area contributed by atoms with E-state index in [0.29, 0.717) is 15.4 Å². The topological polar surface area (TPSA) is 161 Å². The largest absolute Gasteiger partial charge is 0.504 e. The number of nitrogens with one attached hydrogen (secondary N) is 4. The molecule has 0 aliphatic carbocycles. The number of phenolic OH excluding ortho intramolecular Hbond substituents is 2. The molecule has 1 aromatic heterocycles. The number of nitrogens with two attached hydrogens (primary N) is 1. The van der Waals surface area contributed by atoms with E-state index in [9.17, 15) is 19.8 Å². The molecule has 0 fully saturated rings. The fourth-order valence-corrected chi connectivity index (χ4v) is 2.57. The van der Waals surface area contributed by atoms with E-state index in [1.165, 1.54) is 12.1 Å². The quantitative estimate of drug-likeness (QED) is 0.230. The molecule has 0 bridgehead atoms. The van der Waals surface area contributed by atoms with Gasteiger partial charge >= 0.3 is 6.03 Å². The van der Waals surface area contributed by atoms with E-state index >= 15 is 0 Å². The molecular formula is C15H17N5O4S. The molecule has 8 N–H and O–H groups in total. The fraction of sp³-hybridized carbons (Fsp3) is 0.133. The Morgan fingerprint density at radius 3 is 2.52 bits per heavy atom. The first-order chi connectivity index (χ1) is 11.8. The monoisotopic (exact) mass is 363 g/mol. The predicted octanol–water partition coefficient (Wildman–Crippen LogP) is 0.881. The minimum atomic E-state index is -0.561. The smallest absolute Gasteiger partial charge is 0.320 e. The van der Waals surface area contributed by atoms with Gasteiger partial charge in [-0.25, -0.2) is 4.79 Å². The Bertz CT molecular complexity index is 805. The van der Waals surface area contributed by atoms with Gasteiger partial charge < -0.3 is 26.6 Å². The molecule has 0 atom stereocenters. The number of amidine groups is 1. The molecule has 2 rings (SSSR count). The van der Waals surface area contributed by atoms with Crippen molar-refractivity contribution in [3.63, 3.8) is 0 Å². The van der Waals surface area contributed by atoms with E-state index in [2.05, 4.69) is 16.0 Å². The van der Waals surface area contributed by atoms with E-state index in [1.54, 1.807) is 18.2 Å². The Morgan fingerprint density at radius 1 is 1.12 bits per heavy atom. The number of rotatable bonds is 6. The van der Waals surface area contributed by atoms with Crippen LogP contribution in [-0.2, 0) is 11.3 Å². The predicted molar refractivity (Wildman–Crippen MR) is 94.0 cm³/mol. The minimum absolute atomic E-state index is 0.0851. The lowest BCUT2D eigenvalue weighted by molar-refractivity contribution is -0.120. The average molecular weight is 363 g/mol. The third-order valence-corrected chi connectivity index (χ3v) is 4.08. The third-order valence-electron chi connectivity index (χ3n) is 3.05. The van der Waals surface area contributed by atoms with Crippen LogP contribution in [0.15, 0.2) is 30.3 Å². The van der Waals surface area contributed by atoms with Crippen LogP contribution < -0.4 is 21.7 Å². The number of carbonyl (C=O) groups excluding carboxylic acids is 2. The summed E-state index contributed by atoms with van der Waals surface area (Å²) in [6.07, 6.45) is 0. The Labute approximate surface area is 147 Å². The van der Waals surface area contributed by atoms with E-state index < -0.39 is 11.9 Å². The molecular weight excluding hydrogens is 346 g/mol. The van der Waals surface area contributed by atoms with E-state index in [4.69, 9.17) is 11.1 Å². The maximum Gasteiger partial charge on any atom is 0.320 e. The van der Waals surface area contributed by atoms with Gasteiger partial charge in [0, 0.05) is 6.54 Å². The third kappa shape index (κ3) is 5.39. The molecule has 25 heavy (non-hydrogen) atoms. The fourth-order valence-electron chi connectivity index (χ4n) is 1.81. The van der Waals surface area contributed by atoms with Gasteiger partial charge in [-0.2, -0.15) is 0 Å². The zero-order valence-electron chi connectivity index (χ0n) is 13.0. The number of anilines is 1. The minimum Gasteiger partial charge on any atom is -0.504 e. The summed E-state index contributed by atoms with van der Waals surface area (Å²) >= 11 is 1.15. The average Bonchev–Trinajstić information content (AvgIpc) is 3.03. The van der Waals surface area contributed by atoms with Gasteiger partial charge in [0.2, 0.25) is 5.91 Å². The van der Waals surface area contributed by atoms with Crippen molar-refractivity contribution in [2.75, 3.05) is 11.9 Å². The highest BCUT2D eigenvalue weighted by Crippen LogP contribution is 2.24. The van der Waals surface area contributed by atoms with Crippen molar-refractivity contribution < 1.29 is 19.8 Å². The number of nitrogen functional groups attached to an aromatic ring is 1. The van der Waals surface area contributed by atoms with Crippen LogP contribution in [0.4, 0.5) is 9.80 Å². The molecule has 0 unspecified atom stereocenters. The summed E-state index contributed by atoms with van der Waals surface area (Å²) in [5.74, 6) is -1.02. The van der Waals surface area contributed by atoms with Gasteiger partial charge in [0.15, 0.2) is 11.5 Å². The lowest BCUT2D eigenvalue weighted by Crippen LogP contribution is -2.38. The van der Waals surface area contributed by atoms with Gasteiger partial charge in [-0.1, -0.05) is 6.07 Å². The number of urea groups is 1. The summed E-state index contributed by atoms with van der Waals surface area (Å²) < 4.78 is 0. The number of aromatic hydroxyl groups is 2. The highest BCUT2D eigenvalue weighted by molar-refractivity contribution is 7.18. The van der Waals surface area contributed by atoms with Gasteiger partial charge in [-0.15, -0.1) is 11.3 Å². The lowest BCUT2D eigenvalue weighted by Gasteiger charge is -2.08. The molecule has 0 saturated carbocycles. The second-order valence-corrected chi connectivity index (χ2v) is 6.07. The number of carbonyl (C=O) groups is 2. The van der Waals surface area contributed by atoms with E-state index in [1.807, 2.05) is 0 Å². The number of benzene rings is 1. The molecule has 9 nitrogen and oxygen atoms in total. The normalized spacial score (nSPS) is 10.1. The van der Waals surface area contributed by atoms with Gasteiger partial charge in [-0.3, -0.25) is 15.5 Å². The second kappa shape index (κ2) is 8.02. The van der Waals surface area contributed by atoms with Crippen LogP contribution >= 0.6 is 11.3 Å². The first kappa shape index (κ1) is 18.1. The zero-order valence-corrected chi connectivity index (χ0v) is 13.8. The maximum atomic E-state index is 11.7. The van der Waals surface area contributed by atoms with Crippen LogP contribution in [-0.4, -0.2) is 34.5 Å². The van der Waals surface area contributed by atoms with Gasteiger partial charge in [-0.05, 0) is 29.8 Å². The highest BCUT2D eigenvalue weighted by Gasteiger charge is 2.09. The second-order valence-electron chi connectivity index (χ2n) is 4.99. The van der Waals surface area contributed by atoms with Gasteiger partial charge in [0.1, 0.15) is 5.84 Å². The van der Waals surface area contributed by atoms with Crippen molar-refractivity contribution in [1.82, 2.24) is 10.6 Å². The molecule has 2 aromatic rings. The van der Waals surface area contributed by atoms with Gasteiger partial charge in [0.25, 0.3) is 0 Å². The summed E-state index contributed by atoms with van der Waals surface area (Å²) in [7, 11) is 0. The van der Waals surface area contributed by atoms with Crippen LogP contribution in [0, 0.1) is 5.41 Å². The standard InChI is InChI=1S/C15H17N5O4S/c16-14(17)11-3-4-13(25-11)20-15(24)19-7-12(23)18-6-8-1-2-9(21)10(22)5-8/h1-5,21-22H,6-7H2,(H3,16,17)(H,18,23)(H2,19,20,24). The van der Waals surface area contributed by atoms with Crippen molar-refractivity contribution in [3.05, 3.63) is 40.8 Å². The SMILES string of the molecule is N=C(N)c1ccc(NC(=O)NCC(=O)NCc2ccc(O)c(O)c2)s1. The van der Waals surface area contributed by atoms with Gasteiger partial charge in [0.05, 0.1) is 16.4 Å². The molecule has 0 spiro atoms. The number of phenols is 2. The molecule has 1 heterocycles. The number of hydrogen-bond acceptors (Lipinski definition) is 6. The van der Waals surface area contributed by atoms with Crippen molar-refractivity contribution in [1.29, 1.82) is 5.41 Å². The molecule has 132 valence electrons. The maximum absolute atomic E-state index is 11.7. The van der Waals surface area contributed by atoms with Crippen LogP contribution in [0.25, 0.3) is 0 Å². The molecule has 3 amide bonds. The summed E-state index contributed by atoms with van der Waals surface area (Å²) in [5, 5.41) is 33.9. The molecule has 1 aromatic carbocycles. The van der Waals surface area contributed by atoms with E-state index in [0.717, 1.165) is 11.3 Å². The first-order valence-electron chi connectivity index (χ1n) is 7.12. The highest BCUT2D eigenvalue weighted by atomic mass is 32.1. The van der Waals surface area contributed by atoms with Crippen LogP contribution in [0.2, 0.25) is 0 Å². The van der Waals surface area contributed by atoms with Crippen molar-refractivity contribution in [3.8, 4) is 11.5 Å². The molecule has 0 aliphatic heterocycles. The van der Waals surface area contributed by atoms with Crippen molar-refractivity contribution >= 4 is 34.1 Å².